The summed E-state index contributed by atoms with van der Waals surface area (Å²) in [6.45, 7) is 0. The molecule has 0 atom stereocenters. The standard InChI is InChI=1S/C18H13F2N3O/c19-14-7-4-8-15(20)17(14)23-18(24)16-10-9-13(11-21-16)22-12-5-2-1-3-6-12/h1-11,22H,(H,23,24). The number of halogens is 2. The molecule has 0 spiro atoms. The van der Waals surface area contributed by atoms with Crippen molar-refractivity contribution in [3.05, 3.63) is 84.2 Å². The third-order valence-electron chi connectivity index (χ3n) is 3.26. The van der Waals surface area contributed by atoms with E-state index in [9.17, 15) is 13.6 Å². The van der Waals surface area contributed by atoms with Gasteiger partial charge in [0.1, 0.15) is 23.0 Å². The summed E-state index contributed by atoms with van der Waals surface area (Å²) in [5, 5.41) is 5.32. The SMILES string of the molecule is O=C(Nc1c(F)cccc1F)c1ccc(Nc2ccccc2)cn1. The number of nitrogens with one attached hydrogen (secondary N) is 2. The highest BCUT2D eigenvalue weighted by Gasteiger charge is 2.14. The summed E-state index contributed by atoms with van der Waals surface area (Å²) in [5.74, 6) is -2.37. The van der Waals surface area contributed by atoms with Crippen molar-refractivity contribution in [1.82, 2.24) is 4.98 Å². The number of rotatable bonds is 4. The Morgan fingerprint density at radius 3 is 2.17 bits per heavy atom. The highest BCUT2D eigenvalue weighted by Crippen LogP contribution is 2.19. The van der Waals surface area contributed by atoms with Gasteiger partial charge in [0.15, 0.2) is 0 Å². The number of nitrogens with zero attached hydrogens (tertiary/aromatic N) is 1. The highest BCUT2D eigenvalue weighted by molar-refractivity contribution is 6.03. The van der Waals surface area contributed by atoms with Crippen molar-refractivity contribution >= 4 is 23.0 Å². The van der Waals surface area contributed by atoms with Crippen LogP contribution in [0.5, 0.6) is 0 Å². The zero-order valence-electron chi connectivity index (χ0n) is 12.5. The second-order valence-electron chi connectivity index (χ2n) is 4.97. The van der Waals surface area contributed by atoms with E-state index in [1.54, 1.807) is 6.07 Å². The van der Waals surface area contributed by atoms with Gasteiger partial charge < -0.3 is 10.6 Å². The van der Waals surface area contributed by atoms with E-state index in [4.69, 9.17) is 0 Å². The van der Waals surface area contributed by atoms with Crippen LogP contribution in [0.4, 0.5) is 25.8 Å². The Balaban J connectivity index is 1.72. The van der Waals surface area contributed by atoms with E-state index < -0.39 is 23.2 Å². The zero-order chi connectivity index (χ0) is 16.9. The summed E-state index contributed by atoms with van der Waals surface area (Å²) < 4.78 is 27.1. The quantitative estimate of drug-likeness (QED) is 0.749. The smallest absolute Gasteiger partial charge is 0.274 e. The van der Waals surface area contributed by atoms with Crippen molar-refractivity contribution in [1.29, 1.82) is 0 Å². The maximum absolute atomic E-state index is 13.5. The molecule has 6 heteroatoms. The Hall–Kier alpha value is -3.28. The van der Waals surface area contributed by atoms with E-state index in [1.165, 1.54) is 18.3 Å². The van der Waals surface area contributed by atoms with Gasteiger partial charge in [0, 0.05) is 5.69 Å². The lowest BCUT2D eigenvalue weighted by molar-refractivity contribution is 0.102. The third kappa shape index (κ3) is 3.55. The maximum Gasteiger partial charge on any atom is 0.274 e. The van der Waals surface area contributed by atoms with E-state index in [0.717, 1.165) is 17.8 Å². The topological polar surface area (TPSA) is 54.0 Å². The van der Waals surface area contributed by atoms with Crippen LogP contribution in [0.1, 0.15) is 10.5 Å². The fourth-order valence-corrected chi connectivity index (χ4v) is 2.09. The minimum atomic E-state index is -0.842. The Bertz CT molecular complexity index is 832. The first-order valence-electron chi connectivity index (χ1n) is 7.17. The fourth-order valence-electron chi connectivity index (χ4n) is 2.09. The predicted molar refractivity (Wildman–Crippen MR) is 88.3 cm³/mol. The summed E-state index contributed by atoms with van der Waals surface area (Å²) in [6.07, 6.45) is 1.47. The average Bonchev–Trinajstić information content (AvgIpc) is 2.60. The Labute approximate surface area is 137 Å². The molecule has 24 heavy (non-hydrogen) atoms. The van der Waals surface area contributed by atoms with E-state index >= 15 is 0 Å². The van der Waals surface area contributed by atoms with Crippen LogP contribution in [-0.4, -0.2) is 10.9 Å². The second-order valence-corrected chi connectivity index (χ2v) is 4.97. The molecular weight excluding hydrogens is 312 g/mol. The van der Waals surface area contributed by atoms with Gasteiger partial charge in [-0.25, -0.2) is 13.8 Å². The number of hydrogen-bond acceptors (Lipinski definition) is 3. The lowest BCUT2D eigenvalue weighted by Crippen LogP contribution is -2.15. The first-order valence-corrected chi connectivity index (χ1v) is 7.17. The second kappa shape index (κ2) is 6.87. The van der Waals surface area contributed by atoms with E-state index in [-0.39, 0.29) is 5.69 Å². The molecule has 2 N–H and O–H groups in total. The number of benzene rings is 2. The van der Waals surface area contributed by atoms with Crippen molar-refractivity contribution in [2.45, 2.75) is 0 Å². The van der Waals surface area contributed by atoms with Crippen molar-refractivity contribution in [2.24, 2.45) is 0 Å². The van der Waals surface area contributed by atoms with Crippen LogP contribution in [0.25, 0.3) is 0 Å². The van der Waals surface area contributed by atoms with Crippen molar-refractivity contribution in [3.8, 4) is 0 Å². The monoisotopic (exact) mass is 325 g/mol. The van der Waals surface area contributed by atoms with Gasteiger partial charge in [-0.3, -0.25) is 4.79 Å². The van der Waals surface area contributed by atoms with Gasteiger partial charge >= 0.3 is 0 Å². The van der Waals surface area contributed by atoms with E-state index in [0.29, 0.717) is 5.69 Å². The van der Waals surface area contributed by atoms with Gasteiger partial charge in [0.05, 0.1) is 11.9 Å². The number of pyridine rings is 1. The molecule has 120 valence electrons. The minimum Gasteiger partial charge on any atom is -0.354 e. The van der Waals surface area contributed by atoms with Gasteiger partial charge in [0.2, 0.25) is 0 Å². The molecule has 2 aromatic carbocycles. The lowest BCUT2D eigenvalue weighted by Gasteiger charge is -2.08. The molecule has 1 aromatic heterocycles. The molecule has 0 saturated carbocycles. The predicted octanol–water partition coefficient (Wildman–Crippen LogP) is 4.36. The first kappa shape index (κ1) is 15.6. The molecule has 0 aliphatic rings. The number of amides is 1. The van der Waals surface area contributed by atoms with Crippen molar-refractivity contribution < 1.29 is 13.6 Å². The van der Waals surface area contributed by atoms with Crippen LogP contribution < -0.4 is 10.6 Å². The van der Waals surface area contributed by atoms with Crippen LogP contribution in [0.15, 0.2) is 66.9 Å². The number of hydrogen-bond donors (Lipinski definition) is 2. The molecule has 4 nitrogen and oxygen atoms in total. The largest absolute Gasteiger partial charge is 0.354 e. The number of aromatic nitrogens is 1. The first-order chi connectivity index (χ1) is 11.6. The van der Waals surface area contributed by atoms with E-state index in [1.807, 2.05) is 30.3 Å². The summed E-state index contributed by atoms with van der Waals surface area (Å²) in [5.41, 5.74) is 1.13. The summed E-state index contributed by atoms with van der Waals surface area (Å²) in [7, 11) is 0. The molecule has 0 unspecified atom stereocenters. The van der Waals surface area contributed by atoms with E-state index in [2.05, 4.69) is 15.6 Å². The lowest BCUT2D eigenvalue weighted by atomic mass is 10.2. The molecule has 1 amide bonds. The van der Waals surface area contributed by atoms with Crippen LogP contribution in [0.3, 0.4) is 0 Å². The molecule has 0 saturated heterocycles. The number of carbonyl (C=O) groups is 1. The van der Waals surface area contributed by atoms with Gasteiger partial charge in [-0.1, -0.05) is 24.3 Å². The van der Waals surface area contributed by atoms with Crippen molar-refractivity contribution in [2.75, 3.05) is 10.6 Å². The molecule has 3 rings (SSSR count). The Morgan fingerprint density at radius 2 is 1.54 bits per heavy atom. The average molecular weight is 325 g/mol. The van der Waals surface area contributed by atoms with Gasteiger partial charge in [-0.2, -0.15) is 0 Å². The summed E-state index contributed by atoms with van der Waals surface area (Å²) >= 11 is 0. The number of anilines is 3. The highest BCUT2D eigenvalue weighted by atomic mass is 19.1. The van der Waals surface area contributed by atoms with Gasteiger partial charge in [0.25, 0.3) is 5.91 Å². The van der Waals surface area contributed by atoms with Crippen molar-refractivity contribution in [3.63, 3.8) is 0 Å². The Morgan fingerprint density at radius 1 is 0.833 bits per heavy atom. The zero-order valence-corrected chi connectivity index (χ0v) is 12.5. The third-order valence-corrected chi connectivity index (χ3v) is 3.26. The van der Waals surface area contributed by atoms with Crippen LogP contribution in [0, 0.1) is 11.6 Å². The van der Waals surface area contributed by atoms with Crippen LogP contribution >= 0.6 is 0 Å². The molecule has 0 aliphatic carbocycles. The molecule has 0 aliphatic heterocycles. The minimum absolute atomic E-state index is 0.0521. The van der Waals surface area contributed by atoms with Crippen LogP contribution in [-0.2, 0) is 0 Å². The molecule has 0 fully saturated rings. The van der Waals surface area contributed by atoms with Gasteiger partial charge in [-0.15, -0.1) is 0 Å². The molecule has 0 bridgehead atoms. The molecule has 1 heterocycles. The van der Waals surface area contributed by atoms with Gasteiger partial charge in [-0.05, 0) is 36.4 Å². The maximum atomic E-state index is 13.5. The fraction of sp³-hybridized carbons (Fsp3) is 0. The summed E-state index contributed by atoms with van der Waals surface area (Å²) in [6, 6.07) is 16.0. The van der Waals surface area contributed by atoms with Crippen LogP contribution in [0.2, 0.25) is 0 Å². The summed E-state index contributed by atoms with van der Waals surface area (Å²) in [4.78, 5) is 16.1. The molecular formula is C18H13F2N3O. The normalized spacial score (nSPS) is 10.2. The molecule has 0 radical (unpaired) electrons. The number of carbonyl (C=O) groups excluding carboxylic acids is 1. The number of para-hydroxylation sites is 2. The molecule has 3 aromatic rings. The Kier molecular flexibility index (Phi) is 4.47.